The molecule has 4 rings (SSSR count). The van der Waals surface area contributed by atoms with E-state index in [2.05, 4.69) is 60.4 Å². The molecule has 0 unspecified atom stereocenters. The van der Waals surface area contributed by atoms with Crippen molar-refractivity contribution in [2.75, 3.05) is 13.2 Å². The Morgan fingerprint density at radius 3 is 2.08 bits per heavy atom. The summed E-state index contributed by atoms with van der Waals surface area (Å²) in [7, 11) is 0. The van der Waals surface area contributed by atoms with Crippen LogP contribution in [0.25, 0.3) is 0 Å². The molecule has 4 atom stereocenters. The number of hydrogen-bond donors (Lipinski definition) is 0. The molecule has 3 aromatic rings. The molecule has 0 saturated carbocycles. The molecule has 1 saturated heterocycles. The van der Waals surface area contributed by atoms with E-state index in [0.29, 0.717) is 26.2 Å². The third-order valence-corrected chi connectivity index (χ3v) is 6.88. The average molecular weight is 488 g/mol. The van der Waals surface area contributed by atoms with Gasteiger partial charge in [-0.1, -0.05) is 91.0 Å². The van der Waals surface area contributed by atoms with Crippen LogP contribution in [-0.4, -0.2) is 42.3 Å². The normalized spacial score (nSPS) is 19.9. The summed E-state index contributed by atoms with van der Waals surface area (Å²) in [5.74, 6) is -0.231. The molecule has 0 spiro atoms. The number of likely N-dealkylation sites (tertiary alicyclic amines) is 1. The molecule has 0 N–H and O–H groups in total. The van der Waals surface area contributed by atoms with Crippen molar-refractivity contribution in [3.63, 3.8) is 0 Å². The highest BCUT2D eigenvalue weighted by molar-refractivity contribution is 5.66. The number of carbonyl (C=O) groups excluding carboxylic acids is 1. The van der Waals surface area contributed by atoms with Crippen LogP contribution in [0.2, 0.25) is 0 Å². The van der Waals surface area contributed by atoms with Crippen LogP contribution in [0.4, 0.5) is 0 Å². The highest BCUT2D eigenvalue weighted by Crippen LogP contribution is 2.32. The second-order valence-electron chi connectivity index (χ2n) is 9.48. The first-order valence-electron chi connectivity index (χ1n) is 12.8. The van der Waals surface area contributed by atoms with Crippen molar-refractivity contribution in [1.82, 2.24) is 4.90 Å². The van der Waals surface area contributed by atoms with E-state index in [-0.39, 0.29) is 30.3 Å². The lowest BCUT2D eigenvalue weighted by Gasteiger charge is -2.45. The molecule has 1 aliphatic heterocycles. The van der Waals surface area contributed by atoms with Gasteiger partial charge in [0.15, 0.2) is 0 Å². The molecule has 36 heavy (non-hydrogen) atoms. The third kappa shape index (κ3) is 7.50. The monoisotopic (exact) mass is 487 g/mol. The number of ether oxygens (including phenoxy) is 3. The molecular formula is C31H37NO4. The van der Waals surface area contributed by atoms with E-state index in [1.54, 1.807) is 0 Å². The van der Waals surface area contributed by atoms with Crippen LogP contribution >= 0.6 is 0 Å². The minimum atomic E-state index is -0.231. The van der Waals surface area contributed by atoms with Crippen molar-refractivity contribution in [3.05, 3.63) is 108 Å². The maximum absolute atomic E-state index is 11.8. The summed E-state index contributed by atoms with van der Waals surface area (Å²) in [6.07, 6.45) is 1.22. The zero-order chi connectivity index (χ0) is 25.2. The molecule has 0 bridgehead atoms. The highest BCUT2D eigenvalue weighted by Gasteiger charge is 2.38. The first-order chi connectivity index (χ1) is 17.6. The number of hydrogen-bond acceptors (Lipinski definition) is 5. The van der Waals surface area contributed by atoms with Crippen molar-refractivity contribution < 1.29 is 19.0 Å². The molecule has 1 aliphatic rings. The third-order valence-electron chi connectivity index (χ3n) is 6.88. The lowest BCUT2D eigenvalue weighted by Crippen LogP contribution is -2.53. The maximum atomic E-state index is 11.8. The number of carbonyl (C=O) groups is 1. The summed E-state index contributed by atoms with van der Waals surface area (Å²) in [4.78, 5) is 14.3. The van der Waals surface area contributed by atoms with Crippen LogP contribution in [0.3, 0.4) is 0 Å². The molecule has 0 aromatic heterocycles. The number of rotatable bonds is 11. The molecule has 3 aromatic carbocycles. The SMILES string of the molecule is CC(=O)O[C@H]1CCN([C@H](C)c2ccccc2)[C@H]([C@H](COCc2ccccc2)OCc2ccccc2)C1. The summed E-state index contributed by atoms with van der Waals surface area (Å²) in [5, 5.41) is 0. The largest absolute Gasteiger partial charge is 0.462 e. The van der Waals surface area contributed by atoms with Crippen LogP contribution in [0.1, 0.15) is 49.4 Å². The molecule has 5 nitrogen and oxygen atoms in total. The molecule has 0 aliphatic carbocycles. The number of piperidine rings is 1. The molecular weight excluding hydrogens is 450 g/mol. The van der Waals surface area contributed by atoms with Crippen LogP contribution in [0, 0.1) is 0 Å². The zero-order valence-corrected chi connectivity index (χ0v) is 21.3. The Kier molecular flexibility index (Phi) is 9.68. The predicted octanol–water partition coefficient (Wildman–Crippen LogP) is 5.95. The van der Waals surface area contributed by atoms with Crippen molar-refractivity contribution in [3.8, 4) is 0 Å². The van der Waals surface area contributed by atoms with E-state index in [1.165, 1.54) is 12.5 Å². The van der Waals surface area contributed by atoms with Crippen molar-refractivity contribution in [1.29, 1.82) is 0 Å². The van der Waals surface area contributed by atoms with E-state index in [4.69, 9.17) is 14.2 Å². The van der Waals surface area contributed by atoms with Gasteiger partial charge in [0, 0.05) is 32.0 Å². The number of nitrogens with zero attached hydrogens (tertiary/aromatic N) is 1. The van der Waals surface area contributed by atoms with Gasteiger partial charge in [-0.2, -0.15) is 0 Å². The molecule has 1 heterocycles. The van der Waals surface area contributed by atoms with Crippen LogP contribution in [0.5, 0.6) is 0 Å². The minimum Gasteiger partial charge on any atom is -0.462 e. The lowest BCUT2D eigenvalue weighted by molar-refractivity contribution is -0.154. The number of esters is 1. The first-order valence-corrected chi connectivity index (χ1v) is 12.8. The molecule has 190 valence electrons. The summed E-state index contributed by atoms with van der Waals surface area (Å²) in [5.41, 5.74) is 3.52. The Morgan fingerprint density at radius 2 is 1.47 bits per heavy atom. The Balaban J connectivity index is 1.54. The van der Waals surface area contributed by atoms with E-state index in [9.17, 15) is 4.79 Å². The zero-order valence-electron chi connectivity index (χ0n) is 21.3. The molecule has 5 heteroatoms. The lowest BCUT2D eigenvalue weighted by atomic mass is 9.91. The first kappa shape index (κ1) is 26.1. The second-order valence-corrected chi connectivity index (χ2v) is 9.48. The Labute approximate surface area is 215 Å². The Hall–Kier alpha value is -2.99. The fourth-order valence-corrected chi connectivity index (χ4v) is 5.01. The van der Waals surface area contributed by atoms with Crippen LogP contribution in [0.15, 0.2) is 91.0 Å². The van der Waals surface area contributed by atoms with Gasteiger partial charge < -0.3 is 14.2 Å². The summed E-state index contributed by atoms with van der Waals surface area (Å²) in [6, 6.07) is 31.2. The van der Waals surface area contributed by atoms with Gasteiger partial charge in [0.2, 0.25) is 0 Å². The van der Waals surface area contributed by atoms with Gasteiger partial charge in [0.1, 0.15) is 6.10 Å². The van der Waals surface area contributed by atoms with E-state index in [1.807, 2.05) is 42.5 Å². The smallest absolute Gasteiger partial charge is 0.302 e. The fraction of sp³-hybridized carbons (Fsp3) is 0.387. The summed E-state index contributed by atoms with van der Waals surface area (Å²) >= 11 is 0. The van der Waals surface area contributed by atoms with Gasteiger partial charge in [0.25, 0.3) is 0 Å². The van der Waals surface area contributed by atoms with Gasteiger partial charge in [-0.05, 0) is 30.0 Å². The molecule has 1 fully saturated rings. The van der Waals surface area contributed by atoms with E-state index < -0.39 is 0 Å². The summed E-state index contributed by atoms with van der Waals surface area (Å²) < 4.78 is 18.5. The van der Waals surface area contributed by atoms with Gasteiger partial charge >= 0.3 is 5.97 Å². The average Bonchev–Trinajstić information content (AvgIpc) is 2.91. The van der Waals surface area contributed by atoms with Gasteiger partial charge in [-0.3, -0.25) is 9.69 Å². The maximum Gasteiger partial charge on any atom is 0.302 e. The molecule has 0 amide bonds. The topological polar surface area (TPSA) is 48.0 Å². The standard InChI is InChI=1S/C31H37NO4/c1-24(28-16-10-5-11-17-28)32-19-18-29(36-25(2)33)20-30(32)31(35-22-27-14-8-4-9-15-27)23-34-21-26-12-6-3-7-13-26/h3-17,24,29-31H,18-23H2,1-2H3/t24-,29+,30+,31+/m1/s1. The Morgan fingerprint density at radius 1 is 0.889 bits per heavy atom. The van der Waals surface area contributed by atoms with Crippen molar-refractivity contribution in [2.45, 2.75) is 64.2 Å². The van der Waals surface area contributed by atoms with E-state index >= 15 is 0 Å². The molecule has 0 radical (unpaired) electrons. The van der Waals surface area contributed by atoms with Gasteiger partial charge in [-0.25, -0.2) is 0 Å². The quantitative estimate of drug-likeness (QED) is 0.313. The van der Waals surface area contributed by atoms with Crippen molar-refractivity contribution >= 4 is 5.97 Å². The second kappa shape index (κ2) is 13.4. The van der Waals surface area contributed by atoms with Crippen LogP contribution in [-0.2, 0) is 32.2 Å². The van der Waals surface area contributed by atoms with E-state index in [0.717, 1.165) is 24.1 Å². The minimum absolute atomic E-state index is 0.0396. The van der Waals surface area contributed by atoms with Crippen molar-refractivity contribution in [2.24, 2.45) is 0 Å². The summed E-state index contributed by atoms with van der Waals surface area (Å²) in [6.45, 7) is 6.04. The van der Waals surface area contributed by atoms with Crippen LogP contribution < -0.4 is 0 Å². The highest BCUT2D eigenvalue weighted by atomic mass is 16.5. The Bertz CT molecular complexity index is 1040. The predicted molar refractivity (Wildman–Crippen MR) is 141 cm³/mol. The van der Waals surface area contributed by atoms with Gasteiger partial charge in [-0.15, -0.1) is 0 Å². The number of benzene rings is 3. The fourth-order valence-electron chi connectivity index (χ4n) is 5.01. The van der Waals surface area contributed by atoms with Gasteiger partial charge in [0.05, 0.1) is 25.9 Å².